The molecule has 1 rings (SSSR count). The summed E-state index contributed by atoms with van der Waals surface area (Å²) in [6, 6.07) is 3.49. The number of carbonyl (C=O) groups is 2. The van der Waals surface area contributed by atoms with Gasteiger partial charge in [-0.3, -0.25) is 4.79 Å². The highest BCUT2D eigenvalue weighted by molar-refractivity contribution is 7.89. The van der Waals surface area contributed by atoms with Gasteiger partial charge >= 0.3 is 5.97 Å². The molecular weight excluding hydrogens is 384 g/mol. The van der Waals surface area contributed by atoms with E-state index in [1.165, 1.54) is 30.6 Å². The number of esters is 1. The molecule has 0 aliphatic rings. The molecule has 146 valence electrons. The number of methoxy groups -OCH3 is 1. The molecule has 0 saturated carbocycles. The zero-order valence-electron chi connectivity index (χ0n) is 15.1. The van der Waals surface area contributed by atoms with Gasteiger partial charge in [-0.2, -0.15) is 4.31 Å². The molecule has 0 aliphatic heterocycles. The molecule has 0 spiro atoms. The number of sulfonamides is 1. The number of carbonyl (C=O) groups excluding carboxylic acids is 2. The minimum Gasteiger partial charge on any atom is -0.452 e. The number of rotatable bonds is 9. The van der Waals surface area contributed by atoms with Crippen LogP contribution in [0.25, 0.3) is 0 Å². The first kappa shape index (κ1) is 22.4. The van der Waals surface area contributed by atoms with Gasteiger partial charge in [-0.15, -0.1) is 0 Å². The highest BCUT2D eigenvalue weighted by Gasteiger charge is 2.25. The lowest BCUT2D eigenvalue weighted by atomic mass is 10.2. The number of hydrogen-bond donors (Lipinski definition) is 1. The molecule has 1 aromatic carbocycles. The van der Waals surface area contributed by atoms with Gasteiger partial charge in [0.25, 0.3) is 5.91 Å². The number of nitrogens with one attached hydrogen (secondary N) is 1. The Morgan fingerprint density at radius 2 is 1.96 bits per heavy atom. The van der Waals surface area contributed by atoms with E-state index in [0.717, 1.165) is 6.07 Å². The van der Waals surface area contributed by atoms with E-state index < -0.39 is 28.5 Å². The zero-order chi connectivity index (χ0) is 19.9. The fraction of sp³-hybridized carbons (Fsp3) is 0.500. The van der Waals surface area contributed by atoms with Crippen molar-refractivity contribution >= 4 is 33.5 Å². The Bertz CT molecular complexity index is 751. The number of amides is 1. The number of ether oxygens (including phenoxy) is 2. The fourth-order valence-corrected chi connectivity index (χ4v) is 3.41. The molecule has 8 nitrogen and oxygen atoms in total. The predicted octanol–water partition coefficient (Wildman–Crippen LogP) is 1.29. The first-order valence-electron chi connectivity index (χ1n) is 7.81. The predicted molar refractivity (Wildman–Crippen MR) is 96.7 cm³/mol. The molecule has 0 heterocycles. The van der Waals surface area contributed by atoms with Crippen LogP contribution in [0.4, 0.5) is 0 Å². The lowest BCUT2D eigenvalue weighted by Gasteiger charge is -2.21. The average Bonchev–Trinajstić information content (AvgIpc) is 2.59. The molecule has 0 bridgehead atoms. The molecule has 0 unspecified atom stereocenters. The van der Waals surface area contributed by atoms with E-state index in [9.17, 15) is 18.0 Å². The van der Waals surface area contributed by atoms with E-state index in [1.807, 2.05) is 0 Å². The summed E-state index contributed by atoms with van der Waals surface area (Å²) in [4.78, 5) is 23.6. The van der Waals surface area contributed by atoms with Crippen LogP contribution < -0.4 is 5.32 Å². The van der Waals surface area contributed by atoms with Crippen molar-refractivity contribution in [1.29, 1.82) is 0 Å². The van der Waals surface area contributed by atoms with Crippen LogP contribution in [0.2, 0.25) is 5.02 Å². The second-order valence-corrected chi connectivity index (χ2v) is 8.08. The molecule has 1 aromatic rings. The second-order valence-electron chi connectivity index (χ2n) is 5.68. The first-order chi connectivity index (χ1) is 12.1. The maximum atomic E-state index is 12.5. The SMILES string of the molecule is COCCNC(=O)COC(=O)c1cc(S(=O)(=O)N(C)C(C)C)ccc1Cl. The van der Waals surface area contributed by atoms with Crippen molar-refractivity contribution in [3.05, 3.63) is 28.8 Å². The maximum Gasteiger partial charge on any atom is 0.340 e. The quantitative estimate of drug-likeness (QED) is 0.489. The topological polar surface area (TPSA) is 102 Å². The summed E-state index contributed by atoms with van der Waals surface area (Å²) in [7, 11) is -0.850. The normalized spacial score (nSPS) is 11.7. The summed E-state index contributed by atoms with van der Waals surface area (Å²) in [5.41, 5.74) is -0.130. The molecule has 0 atom stereocenters. The largest absolute Gasteiger partial charge is 0.452 e. The monoisotopic (exact) mass is 406 g/mol. The molecule has 0 fully saturated rings. The second kappa shape index (κ2) is 9.86. The van der Waals surface area contributed by atoms with Crippen molar-refractivity contribution in [2.75, 3.05) is 33.9 Å². The van der Waals surface area contributed by atoms with Gasteiger partial charge in [0.05, 0.1) is 22.1 Å². The van der Waals surface area contributed by atoms with Crippen molar-refractivity contribution in [3.8, 4) is 0 Å². The molecule has 0 saturated heterocycles. The Labute approximate surface area is 158 Å². The molecule has 0 aromatic heterocycles. The van der Waals surface area contributed by atoms with Crippen molar-refractivity contribution in [2.45, 2.75) is 24.8 Å². The number of hydrogen-bond acceptors (Lipinski definition) is 6. The van der Waals surface area contributed by atoms with Crippen molar-refractivity contribution in [2.24, 2.45) is 0 Å². The van der Waals surface area contributed by atoms with Crippen molar-refractivity contribution < 1.29 is 27.5 Å². The lowest BCUT2D eigenvalue weighted by Crippen LogP contribution is -2.33. The standard InChI is InChI=1S/C16H23ClN2O6S/c1-11(2)19(3)26(22,23)12-5-6-14(17)13(9-12)16(21)25-10-15(20)18-7-8-24-4/h5-6,9,11H,7-8,10H2,1-4H3,(H,18,20). The van der Waals surface area contributed by atoms with Gasteiger partial charge in [0.15, 0.2) is 6.61 Å². The smallest absolute Gasteiger partial charge is 0.340 e. The van der Waals surface area contributed by atoms with Gasteiger partial charge in [-0.25, -0.2) is 13.2 Å². The average molecular weight is 407 g/mol. The van der Waals surface area contributed by atoms with Crippen LogP contribution in [0.5, 0.6) is 0 Å². The van der Waals surface area contributed by atoms with Crippen LogP contribution in [0.1, 0.15) is 24.2 Å². The van der Waals surface area contributed by atoms with Crippen LogP contribution in [0, 0.1) is 0 Å². The van der Waals surface area contributed by atoms with E-state index in [-0.39, 0.29) is 28.1 Å². The van der Waals surface area contributed by atoms with Gasteiger partial charge in [0.2, 0.25) is 10.0 Å². The summed E-state index contributed by atoms with van der Waals surface area (Å²) in [5.74, 6) is -1.39. The number of halogens is 1. The van der Waals surface area contributed by atoms with Crippen LogP contribution in [0.15, 0.2) is 23.1 Å². The number of benzene rings is 1. The van der Waals surface area contributed by atoms with Crippen LogP contribution in [0.3, 0.4) is 0 Å². The van der Waals surface area contributed by atoms with Crippen LogP contribution >= 0.6 is 11.6 Å². The summed E-state index contributed by atoms with van der Waals surface area (Å²) in [5, 5.41) is 2.52. The minimum atomic E-state index is -3.78. The molecule has 0 radical (unpaired) electrons. The Morgan fingerprint density at radius 1 is 1.31 bits per heavy atom. The zero-order valence-corrected chi connectivity index (χ0v) is 16.7. The molecule has 1 amide bonds. The molecule has 1 N–H and O–H groups in total. The minimum absolute atomic E-state index is 0.0286. The summed E-state index contributed by atoms with van der Waals surface area (Å²) >= 11 is 5.97. The fourth-order valence-electron chi connectivity index (χ4n) is 1.82. The third-order valence-corrected chi connectivity index (χ3v) is 5.88. The first-order valence-corrected chi connectivity index (χ1v) is 9.63. The summed E-state index contributed by atoms with van der Waals surface area (Å²) in [6.07, 6.45) is 0. The van der Waals surface area contributed by atoms with Gasteiger partial charge in [-0.05, 0) is 32.0 Å². The van der Waals surface area contributed by atoms with Gasteiger partial charge < -0.3 is 14.8 Å². The summed E-state index contributed by atoms with van der Waals surface area (Å²) < 4.78 is 35.9. The van der Waals surface area contributed by atoms with E-state index in [4.69, 9.17) is 21.1 Å². The van der Waals surface area contributed by atoms with Gasteiger partial charge in [0.1, 0.15) is 0 Å². The van der Waals surface area contributed by atoms with E-state index in [1.54, 1.807) is 13.8 Å². The van der Waals surface area contributed by atoms with E-state index >= 15 is 0 Å². The summed E-state index contributed by atoms with van der Waals surface area (Å²) in [6.45, 7) is 3.55. The van der Waals surface area contributed by atoms with Crippen LogP contribution in [-0.2, 0) is 24.3 Å². The maximum absolute atomic E-state index is 12.5. The number of nitrogens with zero attached hydrogens (tertiary/aromatic N) is 1. The molecule has 26 heavy (non-hydrogen) atoms. The van der Waals surface area contributed by atoms with Crippen molar-refractivity contribution in [3.63, 3.8) is 0 Å². The highest BCUT2D eigenvalue weighted by Crippen LogP contribution is 2.24. The Kier molecular flexibility index (Phi) is 8.48. The van der Waals surface area contributed by atoms with Crippen molar-refractivity contribution in [1.82, 2.24) is 9.62 Å². The lowest BCUT2D eigenvalue weighted by molar-refractivity contribution is -0.124. The molecular formula is C16H23ClN2O6S. The van der Waals surface area contributed by atoms with E-state index in [2.05, 4.69) is 5.32 Å². The van der Waals surface area contributed by atoms with Gasteiger partial charge in [0, 0.05) is 26.7 Å². The molecule has 0 aliphatic carbocycles. The molecule has 10 heteroatoms. The Hall–Kier alpha value is -1.68. The third-order valence-electron chi connectivity index (χ3n) is 3.52. The van der Waals surface area contributed by atoms with Gasteiger partial charge in [-0.1, -0.05) is 11.6 Å². The highest BCUT2D eigenvalue weighted by atomic mass is 35.5. The van der Waals surface area contributed by atoms with E-state index in [0.29, 0.717) is 6.61 Å². The Morgan fingerprint density at radius 3 is 2.54 bits per heavy atom. The van der Waals surface area contributed by atoms with Crippen LogP contribution in [-0.4, -0.2) is 64.6 Å². The third kappa shape index (κ3) is 5.94. The Balaban J connectivity index is 2.90.